The monoisotopic (exact) mass is 910 g/mol. The Morgan fingerprint density at radius 2 is 1.66 bits per heavy atom. The second-order valence-electron chi connectivity index (χ2n) is 14.2. The molecular weight excluding hydrogens is 861 g/mol. The molecule has 0 saturated carbocycles. The number of thiophene rings is 1. The summed E-state index contributed by atoms with van der Waals surface area (Å²) in [6.07, 6.45) is -1.73. The molecule has 25 heteroatoms. The lowest BCUT2D eigenvalue weighted by atomic mass is 10.1. The van der Waals surface area contributed by atoms with E-state index in [1.165, 1.54) is 13.0 Å². The number of sulfone groups is 1. The molecule has 1 fully saturated rings. The van der Waals surface area contributed by atoms with Crippen molar-refractivity contribution in [1.82, 2.24) is 24.1 Å². The van der Waals surface area contributed by atoms with Gasteiger partial charge in [-0.25, -0.2) is 31.1 Å². The molecule has 1 amide bonds. The lowest BCUT2D eigenvalue weighted by molar-refractivity contribution is -0.158. The molecular formula is C34H50N6O15S4. The fraction of sp³-hybridized carbons (Fsp3) is 0.618. The van der Waals surface area contributed by atoms with Gasteiger partial charge < -0.3 is 44.7 Å². The number of esters is 2. The minimum Gasteiger partial charge on any atom is -0.478 e. The SMILES string of the molecule is CCN[C@H]1C[C@H](C)S(=O)(=O)c2sc(S(=O)(=O)NC(=O)[C@H](C)OC(=O)CCC(=O)O[C@@H](CNC(C)(C)C)COc3nsnc3N3CCOCC3)cc21.O=C(O)/C=C\C(=O)O. The number of rotatable bonds is 18. The van der Waals surface area contributed by atoms with Crippen LogP contribution in [0.2, 0.25) is 0 Å². The van der Waals surface area contributed by atoms with Crippen LogP contribution in [0, 0.1) is 0 Å². The lowest BCUT2D eigenvalue weighted by Gasteiger charge is -2.27. The molecule has 4 heterocycles. The first kappa shape index (κ1) is 49.1. The number of nitrogens with one attached hydrogen (secondary N) is 3. The van der Waals surface area contributed by atoms with Gasteiger partial charge in [-0.05, 0) is 53.7 Å². The summed E-state index contributed by atoms with van der Waals surface area (Å²) in [5.41, 5.74) is 0.0354. The van der Waals surface area contributed by atoms with Crippen LogP contribution in [-0.4, -0.2) is 135 Å². The number of carbonyl (C=O) groups is 5. The zero-order chi connectivity index (χ0) is 44.1. The lowest BCUT2D eigenvalue weighted by Crippen LogP contribution is -2.44. The van der Waals surface area contributed by atoms with Crippen molar-refractivity contribution in [1.29, 1.82) is 0 Å². The van der Waals surface area contributed by atoms with Crippen LogP contribution in [0.1, 0.15) is 72.4 Å². The Bertz CT molecular complexity index is 2020. The number of hydrogen-bond acceptors (Lipinski definition) is 20. The number of carboxylic acids is 2. The summed E-state index contributed by atoms with van der Waals surface area (Å²) < 4.78 is 84.1. The molecule has 0 unspecified atom stereocenters. The molecule has 2 aromatic heterocycles. The predicted octanol–water partition coefficient (Wildman–Crippen LogP) is 1.26. The Morgan fingerprint density at radius 1 is 1.05 bits per heavy atom. The fourth-order valence-electron chi connectivity index (χ4n) is 5.30. The standard InChI is InChI=1S/C30H46N6O11S4.C4H4O4/c1-7-31-22-14-18(2)50(40,41)29-21(22)15-25(48-29)51(42,43)35-27(39)19(3)46-23(37)8-9-24(38)47-20(16-32-30(4,5)6)17-45-28-26(33-49-34-28)36-10-12-44-13-11-36;5-3(6)1-2-4(7)8/h15,18-20,22,31-32H,7-14,16-17H2,1-6H3,(H,35,39);1-2H,(H,5,6)(H,7,8)/b;2-1-/t18-,19-,20-,22-;/m0./s1. The molecule has 0 bridgehead atoms. The highest BCUT2D eigenvalue weighted by molar-refractivity contribution is 7.95. The number of carboxylic acid groups (broad SMARTS) is 2. The molecule has 59 heavy (non-hydrogen) atoms. The second-order valence-corrected chi connectivity index (χ2v) is 20.2. The van der Waals surface area contributed by atoms with Crippen molar-refractivity contribution >= 4 is 78.5 Å². The van der Waals surface area contributed by atoms with E-state index < -0.39 is 73.5 Å². The maximum atomic E-state index is 13.1. The zero-order valence-corrected chi connectivity index (χ0v) is 36.6. The van der Waals surface area contributed by atoms with Gasteiger partial charge in [0.15, 0.2) is 15.9 Å². The van der Waals surface area contributed by atoms with Crippen LogP contribution >= 0.6 is 23.1 Å². The molecule has 5 N–H and O–H groups in total. The first-order chi connectivity index (χ1) is 27.5. The van der Waals surface area contributed by atoms with Crippen LogP contribution in [0.5, 0.6) is 5.88 Å². The largest absolute Gasteiger partial charge is 0.478 e. The number of aliphatic carboxylic acids is 2. The molecule has 330 valence electrons. The molecule has 0 radical (unpaired) electrons. The third-order valence-corrected chi connectivity index (χ3v) is 14.5. The number of anilines is 1. The minimum absolute atomic E-state index is 0.0400. The van der Waals surface area contributed by atoms with Crippen LogP contribution < -0.4 is 25.0 Å². The first-order valence-electron chi connectivity index (χ1n) is 18.3. The van der Waals surface area contributed by atoms with E-state index in [0.717, 1.165) is 11.7 Å². The molecule has 2 aromatic rings. The van der Waals surface area contributed by atoms with Crippen LogP contribution in [0.3, 0.4) is 0 Å². The Balaban J connectivity index is 0.00000105. The molecule has 2 aliphatic heterocycles. The van der Waals surface area contributed by atoms with Crippen LogP contribution in [0.15, 0.2) is 26.6 Å². The van der Waals surface area contributed by atoms with Crippen molar-refractivity contribution in [3.05, 3.63) is 23.8 Å². The van der Waals surface area contributed by atoms with Crippen LogP contribution in [0.25, 0.3) is 0 Å². The molecule has 0 spiro atoms. The highest BCUT2D eigenvalue weighted by atomic mass is 32.3. The summed E-state index contributed by atoms with van der Waals surface area (Å²) in [7, 11) is -8.25. The van der Waals surface area contributed by atoms with E-state index in [1.54, 1.807) is 6.92 Å². The maximum Gasteiger partial charge on any atom is 0.328 e. The minimum atomic E-state index is -4.50. The number of hydrogen-bond donors (Lipinski definition) is 5. The van der Waals surface area contributed by atoms with Gasteiger partial charge in [0.25, 0.3) is 21.8 Å². The number of ether oxygens (including phenoxy) is 4. The molecule has 4 atom stereocenters. The predicted molar refractivity (Wildman–Crippen MR) is 213 cm³/mol. The molecule has 1 saturated heterocycles. The first-order valence-corrected chi connectivity index (χ1v) is 22.8. The Labute approximate surface area is 350 Å². The van der Waals surface area contributed by atoms with Gasteiger partial charge in [-0.2, -0.15) is 4.37 Å². The average molecular weight is 911 g/mol. The molecule has 0 aromatic carbocycles. The van der Waals surface area contributed by atoms with Crippen molar-refractivity contribution in [2.24, 2.45) is 0 Å². The van der Waals surface area contributed by atoms with Gasteiger partial charge in [-0.1, -0.05) is 6.92 Å². The summed E-state index contributed by atoms with van der Waals surface area (Å²) in [4.78, 5) is 59.2. The number of amides is 1. The summed E-state index contributed by atoms with van der Waals surface area (Å²) in [6, 6.07) is 0.882. The Kier molecular flexibility index (Phi) is 18.2. The van der Waals surface area contributed by atoms with Gasteiger partial charge in [0.2, 0.25) is 5.82 Å². The quantitative estimate of drug-likeness (QED) is 0.104. The van der Waals surface area contributed by atoms with E-state index in [0.29, 0.717) is 73.6 Å². The summed E-state index contributed by atoms with van der Waals surface area (Å²) >= 11 is 1.57. The van der Waals surface area contributed by atoms with Gasteiger partial charge in [-0.15, -0.1) is 15.7 Å². The van der Waals surface area contributed by atoms with E-state index in [4.69, 9.17) is 29.2 Å². The topological polar surface area (TPSA) is 296 Å². The van der Waals surface area contributed by atoms with Gasteiger partial charge >= 0.3 is 23.9 Å². The van der Waals surface area contributed by atoms with Crippen LogP contribution in [0.4, 0.5) is 5.82 Å². The average Bonchev–Trinajstić information content (AvgIpc) is 3.83. The number of sulfonamides is 1. The third-order valence-electron chi connectivity index (χ3n) is 8.28. The summed E-state index contributed by atoms with van der Waals surface area (Å²) in [6.45, 7) is 13.6. The third kappa shape index (κ3) is 15.4. The molecule has 0 aliphatic carbocycles. The highest BCUT2D eigenvalue weighted by Crippen LogP contribution is 2.42. The van der Waals surface area contributed by atoms with Gasteiger partial charge in [0, 0.05) is 48.9 Å². The number of nitrogens with zero attached hydrogens (tertiary/aromatic N) is 3. The Hall–Kier alpha value is -4.27. The van der Waals surface area contributed by atoms with Crippen molar-refractivity contribution in [2.45, 2.75) is 98.3 Å². The second kappa shape index (κ2) is 21.8. The molecule has 2 aliphatic rings. The molecule has 4 rings (SSSR count). The van der Waals surface area contributed by atoms with Gasteiger partial charge in [-0.3, -0.25) is 14.4 Å². The number of carbonyl (C=O) groups excluding carboxylic acids is 3. The van der Waals surface area contributed by atoms with E-state index in [-0.39, 0.29) is 46.0 Å². The summed E-state index contributed by atoms with van der Waals surface area (Å²) in [5.74, 6) is -4.41. The van der Waals surface area contributed by atoms with Gasteiger partial charge in [0.05, 0.1) is 43.0 Å². The normalized spacial score (nSPS) is 18.7. The van der Waals surface area contributed by atoms with Crippen molar-refractivity contribution in [3.63, 3.8) is 0 Å². The van der Waals surface area contributed by atoms with E-state index >= 15 is 0 Å². The van der Waals surface area contributed by atoms with Gasteiger partial charge in [0.1, 0.15) is 21.1 Å². The van der Waals surface area contributed by atoms with E-state index in [2.05, 4.69) is 19.4 Å². The molecule has 21 nitrogen and oxygen atoms in total. The fourth-order valence-corrected chi connectivity index (χ4v) is 10.9. The van der Waals surface area contributed by atoms with Crippen molar-refractivity contribution in [2.75, 3.05) is 50.9 Å². The van der Waals surface area contributed by atoms with E-state index in [1.807, 2.05) is 37.3 Å². The highest BCUT2D eigenvalue weighted by Gasteiger charge is 2.40. The number of aromatic nitrogens is 2. The smallest absolute Gasteiger partial charge is 0.328 e. The maximum absolute atomic E-state index is 13.1. The number of morpholine rings is 1. The van der Waals surface area contributed by atoms with Crippen molar-refractivity contribution < 1.29 is 70.0 Å². The number of fused-ring (bicyclic) bond motifs is 1. The summed E-state index contributed by atoms with van der Waals surface area (Å²) in [5, 5.41) is 21.3. The Morgan fingerprint density at radius 3 is 2.24 bits per heavy atom. The van der Waals surface area contributed by atoms with E-state index in [9.17, 15) is 40.8 Å². The van der Waals surface area contributed by atoms with Crippen LogP contribution in [-0.2, 0) is 58.0 Å². The van der Waals surface area contributed by atoms with Crippen molar-refractivity contribution in [3.8, 4) is 5.88 Å². The zero-order valence-electron chi connectivity index (χ0n) is 33.3.